The smallest absolute Gasteiger partial charge is 0.0121 e. The minimum absolute atomic E-state index is 0.935. The second-order valence-corrected chi connectivity index (χ2v) is 2.24. The Bertz CT molecular complexity index is 47.9. The molecular formula is C5H8Br. The molecule has 0 aliphatic carbocycles. The molecule has 0 aliphatic heterocycles. The van der Waals surface area contributed by atoms with Crippen molar-refractivity contribution in [2.45, 2.75) is 12.8 Å². The highest BCUT2D eigenvalue weighted by Crippen LogP contribution is 2.07. The summed E-state index contributed by atoms with van der Waals surface area (Å²) < 4.78 is 1.04. The van der Waals surface area contributed by atoms with Crippen LogP contribution in [0.15, 0.2) is 11.1 Å². The second kappa shape index (κ2) is 3.41. The monoisotopic (exact) mass is 147 g/mol. The van der Waals surface area contributed by atoms with Crippen LogP contribution in [0.5, 0.6) is 0 Å². The van der Waals surface area contributed by atoms with Crippen LogP contribution in [0.1, 0.15) is 12.8 Å². The Labute approximate surface area is 47.4 Å². The summed E-state index contributed by atoms with van der Waals surface area (Å²) in [4.78, 5) is 0. The van der Waals surface area contributed by atoms with Crippen LogP contribution in [0.4, 0.5) is 0 Å². The third-order valence-electron chi connectivity index (χ3n) is 0.448. The molecule has 0 rings (SSSR count). The molecule has 0 spiro atoms. The van der Waals surface area contributed by atoms with Gasteiger partial charge in [-0.2, -0.15) is 0 Å². The predicted octanol–water partition coefficient (Wildman–Crippen LogP) is 2.51. The molecule has 0 N–H and O–H groups in total. The standard InChI is InChI=1S/C5H8Br/c1-3-4-5(2)6/h1-4H2. The van der Waals surface area contributed by atoms with Crippen LogP contribution in [0, 0.1) is 6.92 Å². The Morgan fingerprint density at radius 2 is 2.17 bits per heavy atom. The first kappa shape index (κ1) is 6.22. The van der Waals surface area contributed by atoms with Crippen molar-refractivity contribution >= 4 is 15.9 Å². The molecule has 0 bridgehead atoms. The topological polar surface area (TPSA) is 0 Å². The SMILES string of the molecule is [CH2]CCC(=C)Br. The first-order chi connectivity index (χ1) is 2.77. The molecule has 0 aromatic rings. The van der Waals surface area contributed by atoms with Gasteiger partial charge in [-0.3, -0.25) is 0 Å². The van der Waals surface area contributed by atoms with Gasteiger partial charge in [0.05, 0.1) is 0 Å². The Kier molecular flexibility index (Phi) is 3.54. The Balaban J connectivity index is 2.83. The molecule has 0 saturated heterocycles. The summed E-state index contributed by atoms with van der Waals surface area (Å²) in [5.41, 5.74) is 0. The maximum atomic E-state index is 3.64. The van der Waals surface area contributed by atoms with Crippen molar-refractivity contribution in [2.75, 3.05) is 0 Å². The number of allylic oxidation sites excluding steroid dienone is 1. The molecule has 0 heterocycles. The fraction of sp³-hybridized carbons (Fsp3) is 0.400. The quantitative estimate of drug-likeness (QED) is 0.564. The largest absolute Gasteiger partial charge is 0.0889 e. The summed E-state index contributed by atoms with van der Waals surface area (Å²) in [6, 6.07) is 0. The third kappa shape index (κ3) is 4.22. The summed E-state index contributed by atoms with van der Waals surface area (Å²) >= 11 is 3.20. The van der Waals surface area contributed by atoms with Gasteiger partial charge in [-0.15, -0.1) is 0 Å². The summed E-state index contributed by atoms with van der Waals surface area (Å²) in [6.07, 6.45) is 1.92. The number of hydrogen-bond donors (Lipinski definition) is 0. The van der Waals surface area contributed by atoms with Crippen molar-refractivity contribution in [3.63, 3.8) is 0 Å². The lowest BCUT2D eigenvalue weighted by atomic mass is 10.3. The molecule has 0 aromatic carbocycles. The van der Waals surface area contributed by atoms with E-state index in [0.29, 0.717) is 0 Å². The molecule has 0 amide bonds. The minimum Gasteiger partial charge on any atom is -0.0889 e. The maximum Gasteiger partial charge on any atom is -0.0121 e. The van der Waals surface area contributed by atoms with Gasteiger partial charge in [0.1, 0.15) is 0 Å². The molecule has 0 saturated carbocycles. The van der Waals surface area contributed by atoms with Gasteiger partial charge < -0.3 is 0 Å². The van der Waals surface area contributed by atoms with Gasteiger partial charge in [-0.05, 0) is 17.3 Å². The molecule has 0 aliphatic rings. The van der Waals surface area contributed by atoms with E-state index in [9.17, 15) is 0 Å². The summed E-state index contributed by atoms with van der Waals surface area (Å²) in [5, 5.41) is 0. The van der Waals surface area contributed by atoms with Crippen LogP contribution in [-0.2, 0) is 0 Å². The van der Waals surface area contributed by atoms with Gasteiger partial charge in [0.25, 0.3) is 0 Å². The molecule has 1 radical (unpaired) electrons. The fourth-order valence-electron chi connectivity index (χ4n) is 0.192. The highest BCUT2D eigenvalue weighted by Gasteiger charge is 1.78. The van der Waals surface area contributed by atoms with Gasteiger partial charge in [0.15, 0.2) is 0 Å². The molecule has 6 heavy (non-hydrogen) atoms. The van der Waals surface area contributed by atoms with E-state index in [0.717, 1.165) is 17.3 Å². The van der Waals surface area contributed by atoms with Crippen molar-refractivity contribution in [3.05, 3.63) is 18.0 Å². The van der Waals surface area contributed by atoms with E-state index >= 15 is 0 Å². The van der Waals surface area contributed by atoms with E-state index in [-0.39, 0.29) is 0 Å². The normalized spacial score (nSPS) is 8.33. The lowest BCUT2D eigenvalue weighted by molar-refractivity contribution is 1.04. The molecule has 0 nitrogen and oxygen atoms in total. The molecule has 0 unspecified atom stereocenters. The Morgan fingerprint density at radius 3 is 2.17 bits per heavy atom. The Hall–Kier alpha value is 0.220. The van der Waals surface area contributed by atoms with Gasteiger partial charge in [-0.1, -0.05) is 29.4 Å². The van der Waals surface area contributed by atoms with Crippen LogP contribution in [-0.4, -0.2) is 0 Å². The van der Waals surface area contributed by atoms with Crippen LogP contribution in [0.3, 0.4) is 0 Å². The predicted molar refractivity (Wildman–Crippen MR) is 32.7 cm³/mol. The van der Waals surface area contributed by atoms with Crippen LogP contribution in [0.25, 0.3) is 0 Å². The summed E-state index contributed by atoms with van der Waals surface area (Å²) in [7, 11) is 0. The lowest BCUT2D eigenvalue weighted by Gasteiger charge is -1.84. The summed E-state index contributed by atoms with van der Waals surface area (Å²) in [5.74, 6) is 0. The van der Waals surface area contributed by atoms with Crippen molar-refractivity contribution in [3.8, 4) is 0 Å². The van der Waals surface area contributed by atoms with Crippen LogP contribution >= 0.6 is 15.9 Å². The van der Waals surface area contributed by atoms with Gasteiger partial charge in [0.2, 0.25) is 0 Å². The number of rotatable bonds is 2. The average Bonchev–Trinajstić information content (AvgIpc) is 1.35. The molecule has 0 fully saturated rings. The van der Waals surface area contributed by atoms with Crippen molar-refractivity contribution in [1.82, 2.24) is 0 Å². The first-order valence-electron chi connectivity index (χ1n) is 1.90. The number of hydrogen-bond acceptors (Lipinski definition) is 0. The zero-order valence-electron chi connectivity index (χ0n) is 3.71. The maximum absolute atomic E-state index is 3.64. The molecule has 35 valence electrons. The number of halogens is 1. The highest BCUT2D eigenvalue weighted by molar-refractivity contribution is 9.11. The van der Waals surface area contributed by atoms with E-state index < -0.39 is 0 Å². The Morgan fingerprint density at radius 1 is 1.67 bits per heavy atom. The van der Waals surface area contributed by atoms with Crippen molar-refractivity contribution in [2.24, 2.45) is 0 Å². The molecular weight excluding hydrogens is 140 g/mol. The minimum atomic E-state index is 0.935. The highest BCUT2D eigenvalue weighted by atomic mass is 79.9. The van der Waals surface area contributed by atoms with E-state index in [1.165, 1.54) is 0 Å². The van der Waals surface area contributed by atoms with E-state index in [4.69, 9.17) is 0 Å². The zero-order chi connectivity index (χ0) is 4.99. The average molecular weight is 148 g/mol. The lowest BCUT2D eigenvalue weighted by Crippen LogP contribution is -1.62. The summed E-state index contributed by atoms with van der Waals surface area (Å²) in [6.45, 7) is 7.26. The van der Waals surface area contributed by atoms with Crippen molar-refractivity contribution < 1.29 is 0 Å². The first-order valence-corrected chi connectivity index (χ1v) is 2.69. The fourth-order valence-corrected chi connectivity index (χ4v) is 0.472. The second-order valence-electron chi connectivity index (χ2n) is 1.12. The molecule has 1 heteroatoms. The van der Waals surface area contributed by atoms with E-state index in [1.54, 1.807) is 0 Å². The van der Waals surface area contributed by atoms with Gasteiger partial charge in [-0.25, -0.2) is 0 Å². The van der Waals surface area contributed by atoms with E-state index in [2.05, 4.69) is 29.4 Å². The van der Waals surface area contributed by atoms with Gasteiger partial charge in [0, 0.05) is 0 Å². The van der Waals surface area contributed by atoms with Crippen LogP contribution in [0.2, 0.25) is 0 Å². The third-order valence-corrected chi connectivity index (χ3v) is 0.845. The molecule has 0 atom stereocenters. The zero-order valence-corrected chi connectivity index (χ0v) is 5.29. The van der Waals surface area contributed by atoms with Gasteiger partial charge >= 0.3 is 0 Å². The van der Waals surface area contributed by atoms with Crippen molar-refractivity contribution in [1.29, 1.82) is 0 Å². The van der Waals surface area contributed by atoms with E-state index in [1.807, 2.05) is 0 Å². The van der Waals surface area contributed by atoms with Crippen LogP contribution < -0.4 is 0 Å². The molecule has 0 aromatic heterocycles.